The Balaban J connectivity index is 0.00000240. The van der Waals surface area contributed by atoms with Crippen molar-refractivity contribution in [3.05, 3.63) is 36.4 Å². The lowest BCUT2D eigenvalue weighted by Crippen LogP contribution is -2.39. The van der Waals surface area contributed by atoms with E-state index < -0.39 is 9.84 Å². The first kappa shape index (κ1) is 22.0. The summed E-state index contributed by atoms with van der Waals surface area (Å²) < 4.78 is 23.9. The van der Waals surface area contributed by atoms with Gasteiger partial charge in [-0.25, -0.2) is 8.42 Å². The number of hydrogen-bond acceptors (Lipinski definition) is 6. The summed E-state index contributed by atoms with van der Waals surface area (Å²) in [5, 5.41) is 8.91. The van der Waals surface area contributed by atoms with E-state index in [9.17, 15) is 8.42 Å². The molecule has 0 saturated carbocycles. The molecule has 1 atom stereocenters. The third kappa shape index (κ3) is 4.90. The number of sulfone groups is 1. The molecule has 2 aliphatic heterocycles. The Kier molecular flexibility index (Phi) is 7.14. The van der Waals surface area contributed by atoms with Crippen LogP contribution in [0, 0.1) is 0 Å². The van der Waals surface area contributed by atoms with Crippen molar-refractivity contribution in [3.63, 3.8) is 0 Å². The molecule has 2 aromatic rings. The van der Waals surface area contributed by atoms with E-state index in [-0.39, 0.29) is 18.2 Å². The fraction of sp³-hybridized carbons (Fsp3) is 0.524. The normalized spacial score (nSPS) is 20.0. The summed E-state index contributed by atoms with van der Waals surface area (Å²) >= 11 is 0. The highest BCUT2D eigenvalue weighted by molar-refractivity contribution is 7.91. The maximum atomic E-state index is 12.0. The van der Waals surface area contributed by atoms with Crippen LogP contribution in [0.4, 0.5) is 5.82 Å². The lowest BCUT2D eigenvalue weighted by molar-refractivity contribution is 0.313. The van der Waals surface area contributed by atoms with Crippen molar-refractivity contribution >= 4 is 28.1 Å². The van der Waals surface area contributed by atoms with Crippen LogP contribution in [0.3, 0.4) is 0 Å². The van der Waals surface area contributed by atoms with E-state index in [0.29, 0.717) is 10.9 Å². The Hall–Kier alpha value is -1.70. The van der Waals surface area contributed by atoms with Gasteiger partial charge in [0, 0.05) is 24.7 Å². The van der Waals surface area contributed by atoms with Crippen molar-refractivity contribution in [1.82, 2.24) is 15.1 Å². The van der Waals surface area contributed by atoms with Crippen LogP contribution in [0.5, 0.6) is 0 Å². The molecule has 8 heteroatoms. The Morgan fingerprint density at radius 1 is 0.966 bits per heavy atom. The van der Waals surface area contributed by atoms with E-state index in [1.54, 1.807) is 31.2 Å². The average Bonchev–Trinajstić information content (AvgIpc) is 3.41. The third-order valence-electron chi connectivity index (χ3n) is 5.88. The third-order valence-corrected chi connectivity index (χ3v) is 7.63. The number of hydrogen-bond donors (Lipinski definition) is 0. The SMILES string of the molecule is CCS(=O)(=O)c1ccc(-c2ccc(N3CCC[C@H]3CN3CCCC3)nn2)cc1.Cl. The largest absolute Gasteiger partial charge is 0.351 e. The Bertz CT molecular complexity index is 897. The van der Waals surface area contributed by atoms with Crippen molar-refractivity contribution in [2.45, 2.75) is 43.5 Å². The van der Waals surface area contributed by atoms with Gasteiger partial charge < -0.3 is 9.80 Å². The Morgan fingerprint density at radius 3 is 2.31 bits per heavy atom. The number of anilines is 1. The summed E-state index contributed by atoms with van der Waals surface area (Å²) in [5.74, 6) is 1.05. The highest BCUT2D eigenvalue weighted by atomic mass is 35.5. The maximum absolute atomic E-state index is 12.0. The molecule has 0 unspecified atom stereocenters. The average molecular weight is 437 g/mol. The van der Waals surface area contributed by atoms with Crippen LogP contribution in [0.15, 0.2) is 41.3 Å². The second-order valence-electron chi connectivity index (χ2n) is 7.70. The molecule has 158 valence electrons. The fourth-order valence-corrected chi connectivity index (χ4v) is 5.11. The molecule has 1 aromatic carbocycles. The first-order chi connectivity index (χ1) is 13.6. The van der Waals surface area contributed by atoms with Crippen LogP contribution in [0.25, 0.3) is 11.3 Å². The van der Waals surface area contributed by atoms with Gasteiger partial charge in [-0.1, -0.05) is 19.1 Å². The zero-order valence-electron chi connectivity index (χ0n) is 16.8. The summed E-state index contributed by atoms with van der Waals surface area (Å²) in [6.07, 6.45) is 5.06. The van der Waals surface area contributed by atoms with Crippen LogP contribution in [0.1, 0.15) is 32.6 Å². The highest BCUT2D eigenvalue weighted by Gasteiger charge is 2.28. The van der Waals surface area contributed by atoms with Gasteiger partial charge in [0.25, 0.3) is 0 Å². The smallest absolute Gasteiger partial charge is 0.178 e. The van der Waals surface area contributed by atoms with Crippen LogP contribution >= 0.6 is 12.4 Å². The van der Waals surface area contributed by atoms with Crippen molar-refractivity contribution in [1.29, 1.82) is 0 Å². The predicted molar refractivity (Wildman–Crippen MR) is 118 cm³/mol. The molecule has 0 radical (unpaired) electrons. The second kappa shape index (κ2) is 9.41. The highest BCUT2D eigenvalue weighted by Crippen LogP contribution is 2.27. The molecular formula is C21H29ClN4O2S. The van der Waals surface area contributed by atoms with Gasteiger partial charge >= 0.3 is 0 Å². The number of rotatable bonds is 6. The predicted octanol–water partition coefficient (Wildman–Crippen LogP) is 3.42. The molecule has 0 bridgehead atoms. The van der Waals surface area contributed by atoms with Gasteiger partial charge in [0.1, 0.15) is 0 Å². The summed E-state index contributed by atoms with van der Waals surface area (Å²) in [7, 11) is -3.18. The molecule has 0 aliphatic carbocycles. The summed E-state index contributed by atoms with van der Waals surface area (Å²) in [4.78, 5) is 5.31. The van der Waals surface area contributed by atoms with E-state index in [4.69, 9.17) is 0 Å². The molecule has 0 amide bonds. The molecule has 6 nitrogen and oxygen atoms in total. The lowest BCUT2D eigenvalue weighted by Gasteiger charge is -2.29. The summed E-state index contributed by atoms with van der Waals surface area (Å²) in [6.45, 7) is 6.26. The minimum atomic E-state index is -3.18. The number of benzene rings is 1. The van der Waals surface area contributed by atoms with Crippen LogP contribution in [-0.2, 0) is 9.84 Å². The summed E-state index contributed by atoms with van der Waals surface area (Å²) in [6, 6.07) is 11.5. The Labute approximate surface area is 179 Å². The van der Waals surface area contributed by atoms with Gasteiger partial charge in [0.15, 0.2) is 15.7 Å². The molecule has 2 saturated heterocycles. The van der Waals surface area contributed by atoms with Crippen LogP contribution in [0.2, 0.25) is 0 Å². The monoisotopic (exact) mass is 436 g/mol. The molecule has 3 heterocycles. The standard InChI is InChI=1S/C21H28N4O2S.ClH/c1-2-28(26,27)19-9-7-17(8-10-19)20-11-12-21(23-22-20)25-15-5-6-18(25)16-24-13-3-4-14-24;/h7-12,18H,2-6,13-16H2,1H3;1H/t18-;/m0./s1. The molecule has 1 aromatic heterocycles. The Morgan fingerprint density at radius 2 is 1.69 bits per heavy atom. The number of aromatic nitrogens is 2. The topological polar surface area (TPSA) is 66.4 Å². The van der Waals surface area contributed by atoms with Gasteiger partial charge in [-0.2, -0.15) is 0 Å². The first-order valence-electron chi connectivity index (χ1n) is 10.2. The molecule has 2 aliphatic rings. The molecular weight excluding hydrogens is 408 g/mol. The summed E-state index contributed by atoms with van der Waals surface area (Å²) in [5.41, 5.74) is 1.64. The molecule has 2 fully saturated rings. The van der Waals surface area contributed by atoms with Gasteiger partial charge in [-0.3, -0.25) is 0 Å². The molecule has 0 N–H and O–H groups in total. The van der Waals surface area contributed by atoms with Gasteiger partial charge in [0.2, 0.25) is 0 Å². The van der Waals surface area contributed by atoms with Gasteiger partial charge in [-0.15, -0.1) is 22.6 Å². The van der Waals surface area contributed by atoms with Crippen molar-refractivity contribution in [2.75, 3.05) is 36.8 Å². The van der Waals surface area contributed by atoms with E-state index in [2.05, 4.69) is 20.0 Å². The maximum Gasteiger partial charge on any atom is 0.178 e. The van der Waals surface area contributed by atoms with Crippen molar-refractivity contribution in [2.24, 2.45) is 0 Å². The molecule has 29 heavy (non-hydrogen) atoms. The van der Waals surface area contributed by atoms with Crippen LogP contribution < -0.4 is 4.90 Å². The van der Waals surface area contributed by atoms with E-state index in [1.807, 2.05) is 12.1 Å². The van der Waals surface area contributed by atoms with E-state index >= 15 is 0 Å². The quantitative estimate of drug-likeness (QED) is 0.691. The van der Waals surface area contributed by atoms with Gasteiger partial charge in [-0.05, 0) is 63.0 Å². The number of likely N-dealkylation sites (tertiary alicyclic amines) is 1. The van der Waals surface area contributed by atoms with Crippen molar-refractivity contribution in [3.8, 4) is 11.3 Å². The van der Waals surface area contributed by atoms with Crippen LogP contribution in [-0.4, -0.2) is 61.5 Å². The number of nitrogens with zero attached hydrogens (tertiary/aromatic N) is 4. The lowest BCUT2D eigenvalue weighted by atomic mass is 10.1. The zero-order valence-corrected chi connectivity index (χ0v) is 18.5. The first-order valence-corrected chi connectivity index (χ1v) is 11.9. The van der Waals surface area contributed by atoms with Gasteiger partial charge in [0.05, 0.1) is 16.3 Å². The molecule has 0 spiro atoms. The van der Waals surface area contributed by atoms with E-state index in [1.165, 1.54) is 38.8 Å². The minimum Gasteiger partial charge on any atom is -0.351 e. The second-order valence-corrected chi connectivity index (χ2v) is 9.98. The van der Waals surface area contributed by atoms with E-state index in [0.717, 1.165) is 30.2 Å². The minimum absolute atomic E-state index is 0. The number of halogens is 1. The zero-order chi connectivity index (χ0) is 19.6. The molecule has 4 rings (SSSR count). The van der Waals surface area contributed by atoms with Crippen molar-refractivity contribution < 1.29 is 8.42 Å². The fourth-order valence-electron chi connectivity index (χ4n) is 4.22.